The Morgan fingerprint density at radius 3 is 2.14 bits per heavy atom. The van der Waals surface area contributed by atoms with Gasteiger partial charge in [-0.3, -0.25) is 0 Å². The van der Waals surface area contributed by atoms with Gasteiger partial charge in [0.15, 0.2) is 0 Å². The van der Waals surface area contributed by atoms with Crippen LogP contribution in [-0.4, -0.2) is 5.11 Å². The van der Waals surface area contributed by atoms with Crippen LogP contribution in [0.3, 0.4) is 0 Å². The van der Waals surface area contributed by atoms with Crippen molar-refractivity contribution >= 4 is 0 Å². The van der Waals surface area contributed by atoms with Gasteiger partial charge >= 0.3 is 0 Å². The Bertz CT molecular complexity index is 429. The lowest BCUT2D eigenvalue weighted by Crippen LogP contribution is -1.78. The van der Waals surface area contributed by atoms with Gasteiger partial charge in [0.05, 0.1) is 0 Å². The predicted molar refractivity (Wildman–Crippen MR) is 58.3 cm³/mol. The van der Waals surface area contributed by atoms with E-state index in [2.05, 4.69) is 6.92 Å². The summed E-state index contributed by atoms with van der Waals surface area (Å²) in [4.78, 5) is 0. The second kappa shape index (κ2) is 3.54. The molecule has 0 spiro atoms. The molecule has 0 aromatic heterocycles. The Morgan fingerprint density at radius 2 is 1.50 bits per heavy atom. The molecule has 0 saturated carbocycles. The van der Waals surface area contributed by atoms with Crippen molar-refractivity contribution in [1.29, 1.82) is 0 Å². The van der Waals surface area contributed by atoms with Gasteiger partial charge in [-0.2, -0.15) is 0 Å². The normalized spacial score (nSPS) is 10.1. The highest BCUT2D eigenvalue weighted by molar-refractivity contribution is 5.69. The lowest BCUT2D eigenvalue weighted by molar-refractivity contribution is 0.477. The highest BCUT2D eigenvalue weighted by Crippen LogP contribution is 2.28. The Hall–Kier alpha value is -1.76. The average Bonchev–Trinajstić information content (AvgIpc) is 2.20. The topological polar surface area (TPSA) is 20.2 Å². The van der Waals surface area contributed by atoms with Crippen molar-refractivity contribution in [2.24, 2.45) is 0 Å². The fraction of sp³-hybridized carbons (Fsp3) is 0.0769. The molecule has 2 aromatic carbocycles. The third kappa shape index (κ3) is 1.62. The number of para-hydroxylation sites is 1. The summed E-state index contributed by atoms with van der Waals surface area (Å²) in [6.45, 7) is 2.05. The first-order valence-corrected chi connectivity index (χ1v) is 4.62. The zero-order chi connectivity index (χ0) is 9.97. The Labute approximate surface area is 83.6 Å². The van der Waals surface area contributed by atoms with Crippen LogP contribution < -0.4 is 0 Å². The molecule has 0 aliphatic carbocycles. The first-order valence-electron chi connectivity index (χ1n) is 4.62. The molecule has 0 radical (unpaired) electrons. The monoisotopic (exact) mass is 184 g/mol. The lowest BCUT2D eigenvalue weighted by atomic mass is 10.0. The Morgan fingerprint density at radius 1 is 0.857 bits per heavy atom. The zero-order valence-corrected chi connectivity index (χ0v) is 8.07. The van der Waals surface area contributed by atoms with Crippen LogP contribution in [0.15, 0.2) is 48.5 Å². The molecule has 2 aromatic rings. The molecule has 1 nitrogen and oxygen atoms in total. The van der Waals surface area contributed by atoms with Gasteiger partial charge < -0.3 is 5.11 Å². The minimum absolute atomic E-state index is 0.330. The summed E-state index contributed by atoms with van der Waals surface area (Å²) in [6.07, 6.45) is 0. The molecule has 0 aliphatic rings. The molecule has 0 bridgehead atoms. The summed E-state index contributed by atoms with van der Waals surface area (Å²) in [5, 5.41) is 9.63. The third-order valence-electron chi connectivity index (χ3n) is 2.27. The van der Waals surface area contributed by atoms with E-state index in [1.807, 2.05) is 42.5 Å². The van der Waals surface area contributed by atoms with E-state index in [4.69, 9.17) is 0 Å². The standard InChI is InChI=1S/C13H12O/c1-10-6-8-11(9-7-10)12-4-2-3-5-13(12)14/h2-9,14H,1H3. The average molecular weight is 184 g/mol. The second-order valence-corrected chi connectivity index (χ2v) is 3.38. The van der Waals surface area contributed by atoms with E-state index in [1.54, 1.807) is 6.07 Å². The maximum Gasteiger partial charge on any atom is 0.123 e. The lowest BCUT2D eigenvalue weighted by Gasteiger charge is -2.04. The quantitative estimate of drug-likeness (QED) is 0.720. The van der Waals surface area contributed by atoms with Gasteiger partial charge in [0.2, 0.25) is 0 Å². The van der Waals surface area contributed by atoms with Gasteiger partial charge in [-0.1, -0.05) is 48.0 Å². The van der Waals surface area contributed by atoms with Crippen LogP contribution in [0.25, 0.3) is 11.1 Å². The van der Waals surface area contributed by atoms with E-state index < -0.39 is 0 Å². The van der Waals surface area contributed by atoms with E-state index in [9.17, 15) is 5.11 Å². The molecule has 0 saturated heterocycles. The minimum atomic E-state index is 0.330. The highest BCUT2D eigenvalue weighted by atomic mass is 16.3. The maximum absolute atomic E-state index is 9.63. The summed E-state index contributed by atoms with van der Waals surface area (Å²) >= 11 is 0. The number of hydrogen-bond donors (Lipinski definition) is 1. The largest absolute Gasteiger partial charge is 0.507 e. The van der Waals surface area contributed by atoms with Crippen LogP contribution in [0.1, 0.15) is 5.56 Å². The molecule has 2 rings (SSSR count). The van der Waals surface area contributed by atoms with Gasteiger partial charge in [-0.25, -0.2) is 0 Å². The molecule has 0 aliphatic heterocycles. The van der Waals surface area contributed by atoms with Crippen molar-refractivity contribution in [3.05, 3.63) is 54.1 Å². The molecule has 1 N–H and O–H groups in total. The molecule has 0 heterocycles. The molecule has 1 heteroatoms. The van der Waals surface area contributed by atoms with Gasteiger partial charge in [-0.05, 0) is 18.6 Å². The molecular weight excluding hydrogens is 172 g/mol. The van der Waals surface area contributed by atoms with Crippen LogP contribution in [0.2, 0.25) is 0 Å². The molecular formula is C13H12O. The van der Waals surface area contributed by atoms with Crippen molar-refractivity contribution < 1.29 is 5.11 Å². The number of rotatable bonds is 1. The fourth-order valence-corrected chi connectivity index (χ4v) is 1.45. The summed E-state index contributed by atoms with van der Waals surface area (Å²) in [6, 6.07) is 15.5. The second-order valence-electron chi connectivity index (χ2n) is 3.38. The van der Waals surface area contributed by atoms with Gasteiger partial charge in [0.1, 0.15) is 5.75 Å². The van der Waals surface area contributed by atoms with Crippen molar-refractivity contribution in [2.75, 3.05) is 0 Å². The van der Waals surface area contributed by atoms with E-state index in [0.717, 1.165) is 11.1 Å². The number of phenolic OH excluding ortho intramolecular Hbond substituents is 1. The Kier molecular flexibility index (Phi) is 2.23. The van der Waals surface area contributed by atoms with Crippen LogP contribution in [-0.2, 0) is 0 Å². The van der Waals surface area contributed by atoms with Crippen LogP contribution in [0.5, 0.6) is 5.75 Å². The summed E-state index contributed by atoms with van der Waals surface area (Å²) in [5.74, 6) is 0.330. The molecule has 0 fully saturated rings. The SMILES string of the molecule is Cc1ccc(-c2ccccc2O)cc1. The van der Waals surface area contributed by atoms with E-state index in [-0.39, 0.29) is 0 Å². The van der Waals surface area contributed by atoms with Crippen molar-refractivity contribution in [2.45, 2.75) is 6.92 Å². The predicted octanol–water partition coefficient (Wildman–Crippen LogP) is 3.37. The molecule has 14 heavy (non-hydrogen) atoms. The number of aromatic hydroxyl groups is 1. The molecule has 70 valence electrons. The first kappa shape index (κ1) is 8.82. The maximum atomic E-state index is 9.63. The summed E-state index contributed by atoms with van der Waals surface area (Å²) in [5.41, 5.74) is 3.16. The van der Waals surface area contributed by atoms with Crippen molar-refractivity contribution in [3.8, 4) is 16.9 Å². The van der Waals surface area contributed by atoms with Gasteiger partial charge in [0.25, 0.3) is 0 Å². The number of phenols is 1. The number of aryl methyl sites for hydroxylation is 1. The van der Waals surface area contributed by atoms with Crippen LogP contribution >= 0.6 is 0 Å². The summed E-state index contributed by atoms with van der Waals surface area (Å²) in [7, 11) is 0. The smallest absolute Gasteiger partial charge is 0.123 e. The zero-order valence-electron chi connectivity index (χ0n) is 8.07. The van der Waals surface area contributed by atoms with E-state index in [0.29, 0.717) is 5.75 Å². The van der Waals surface area contributed by atoms with E-state index >= 15 is 0 Å². The van der Waals surface area contributed by atoms with Crippen molar-refractivity contribution in [3.63, 3.8) is 0 Å². The number of benzene rings is 2. The molecule has 0 amide bonds. The Balaban J connectivity index is 2.50. The molecule has 0 atom stereocenters. The summed E-state index contributed by atoms with van der Waals surface area (Å²) < 4.78 is 0. The first-order chi connectivity index (χ1) is 6.77. The molecule has 0 unspecified atom stereocenters. The number of hydrogen-bond acceptors (Lipinski definition) is 1. The van der Waals surface area contributed by atoms with Gasteiger partial charge in [-0.15, -0.1) is 0 Å². The van der Waals surface area contributed by atoms with E-state index in [1.165, 1.54) is 5.56 Å². The van der Waals surface area contributed by atoms with Crippen LogP contribution in [0, 0.1) is 6.92 Å². The van der Waals surface area contributed by atoms with Gasteiger partial charge in [0, 0.05) is 5.56 Å². The minimum Gasteiger partial charge on any atom is -0.507 e. The van der Waals surface area contributed by atoms with Crippen LogP contribution in [0.4, 0.5) is 0 Å². The third-order valence-corrected chi connectivity index (χ3v) is 2.27. The fourth-order valence-electron chi connectivity index (χ4n) is 1.45. The van der Waals surface area contributed by atoms with Crippen molar-refractivity contribution in [1.82, 2.24) is 0 Å². The highest BCUT2D eigenvalue weighted by Gasteiger charge is 2.01.